The molecule has 0 bridgehead atoms. The van der Waals surface area contributed by atoms with E-state index < -0.39 is 11.9 Å². The number of carbonyl (C=O) groups excluding carboxylic acids is 1. The number of carbonyl (C=O) groups is 1. The molecule has 5 nitrogen and oxygen atoms in total. The van der Waals surface area contributed by atoms with Gasteiger partial charge in [-0.15, -0.1) is 0 Å². The van der Waals surface area contributed by atoms with Crippen LogP contribution in [0.2, 0.25) is 0 Å². The van der Waals surface area contributed by atoms with Gasteiger partial charge in [0.05, 0.1) is 0 Å². The van der Waals surface area contributed by atoms with Crippen LogP contribution in [0.3, 0.4) is 0 Å². The molecule has 5 heteroatoms. The maximum absolute atomic E-state index is 12.0. The molecule has 0 aromatic heterocycles. The highest BCUT2D eigenvalue weighted by atomic mass is 16.3. The number of aliphatic hydroxyl groups is 1. The Kier molecular flexibility index (Phi) is 3.39. The van der Waals surface area contributed by atoms with Gasteiger partial charge in [-0.2, -0.15) is 0 Å². The van der Waals surface area contributed by atoms with Gasteiger partial charge in [0, 0.05) is 11.6 Å². The van der Waals surface area contributed by atoms with Crippen molar-refractivity contribution in [3.05, 3.63) is 53.6 Å². The molecule has 4 N–H and O–H groups in total. The first-order valence-corrected chi connectivity index (χ1v) is 5.51. The number of ketones is 1. The number of aromatic hydroxyl groups is 3. The summed E-state index contributed by atoms with van der Waals surface area (Å²) in [6, 6.07) is 8.92. The summed E-state index contributed by atoms with van der Waals surface area (Å²) in [5, 5.41) is 37.7. The van der Waals surface area contributed by atoms with Crippen molar-refractivity contribution in [1.82, 2.24) is 0 Å². The van der Waals surface area contributed by atoms with E-state index in [9.17, 15) is 20.1 Å². The molecule has 0 spiro atoms. The highest BCUT2D eigenvalue weighted by molar-refractivity contribution is 6.00. The highest BCUT2D eigenvalue weighted by Gasteiger charge is 2.20. The van der Waals surface area contributed by atoms with Crippen molar-refractivity contribution in [3.8, 4) is 17.2 Å². The first-order chi connectivity index (χ1) is 8.97. The van der Waals surface area contributed by atoms with Gasteiger partial charge in [-0.3, -0.25) is 4.79 Å². The van der Waals surface area contributed by atoms with Crippen molar-refractivity contribution in [2.24, 2.45) is 0 Å². The second-order valence-electron chi connectivity index (χ2n) is 4.10. The van der Waals surface area contributed by atoms with Crippen LogP contribution < -0.4 is 0 Å². The van der Waals surface area contributed by atoms with E-state index in [0.717, 1.165) is 6.07 Å². The van der Waals surface area contributed by atoms with E-state index in [-0.39, 0.29) is 28.4 Å². The molecule has 0 saturated heterocycles. The average molecular weight is 260 g/mol. The minimum absolute atomic E-state index is 0.0149. The van der Waals surface area contributed by atoms with E-state index in [0.29, 0.717) is 0 Å². The van der Waals surface area contributed by atoms with E-state index >= 15 is 0 Å². The SMILES string of the molecule is O=C(c1ccc(O)cc1)C(O)c1cc(O)cc(O)c1. The Balaban J connectivity index is 2.30. The largest absolute Gasteiger partial charge is 0.508 e. The molecule has 0 aliphatic carbocycles. The van der Waals surface area contributed by atoms with Gasteiger partial charge in [-0.05, 0) is 42.0 Å². The van der Waals surface area contributed by atoms with Crippen LogP contribution in [0.1, 0.15) is 22.0 Å². The monoisotopic (exact) mass is 260 g/mol. The van der Waals surface area contributed by atoms with E-state index in [2.05, 4.69) is 0 Å². The molecule has 0 heterocycles. The number of hydrogen-bond donors (Lipinski definition) is 4. The van der Waals surface area contributed by atoms with Crippen molar-refractivity contribution in [2.75, 3.05) is 0 Å². The zero-order chi connectivity index (χ0) is 14.0. The number of aliphatic hydroxyl groups excluding tert-OH is 1. The summed E-state index contributed by atoms with van der Waals surface area (Å²) in [5.41, 5.74) is 0.309. The lowest BCUT2D eigenvalue weighted by Gasteiger charge is -2.11. The highest BCUT2D eigenvalue weighted by Crippen LogP contribution is 2.27. The number of phenolic OH excluding ortho intramolecular Hbond substituents is 3. The third-order valence-electron chi connectivity index (χ3n) is 2.64. The Morgan fingerprint density at radius 1 is 0.842 bits per heavy atom. The number of phenols is 3. The van der Waals surface area contributed by atoms with Crippen molar-refractivity contribution in [2.45, 2.75) is 6.10 Å². The van der Waals surface area contributed by atoms with Crippen LogP contribution in [0.4, 0.5) is 0 Å². The fraction of sp³-hybridized carbons (Fsp3) is 0.0714. The molecule has 0 radical (unpaired) electrons. The van der Waals surface area contributed by atoms with Crippen molar-refractivity contribution in [3.63, 3.8) is 0 Å². The molecule has 2 rings (SSSR count). The lowest BCUT2D eigenvalue weighted by molar-refractivity contribution is 0.0747. The molecule has 0 aliphatic rings. The first kappa shape index (κ1) is 12.9. The molecule has 2 aromatic rings. The summed E-state index contributed by atoms with van der Waals surface area (Å²) in [6.45, 7) is 0. The van der Waals surface area contributed by atoms with Crippen LogP contribution in [-0.4, -0.2) is 26.2 Å². The quantitative estimate of drug-likeness (QED) is 0.630. The van der Waals surface area contributed by atoms with E-state index in [4.69, 9.17) is 5.11 Å². The number of benzene rings is 2. The first-order valence-electron chi connectivity index (χ1n) is 5.51. The molecule has 1 atom stereocenters. The van der Waals surface area contributed by atoms with Gasteiger partial charge in [0.2, 0.25) is 0 Å². The Morgan fingerprint density at radius 2 is 1.37 bits per heavy atom. The van der Waals surface area contributed by atoms with Crippen LogP contribution in [0.5, 0.6) is 17.2 Å². The summed E-state index contributed by atoms with van der Waals surface area (Å²) < 4.78 is 0. The molecule has 2 aromatic carbocycles. The summed E-state index contributed by atoms with van der Waals surface area (Å²) >= 11 is 0. The zero-order valence-electron chi connectivity index (χ0n) is 9.82. The molecule has 0 aliphatic heterocycles. The van der Waals surface area contributed by atoms with Crippen molar-refractivity contribution >= 4 is 5.78 Å². The maximum atomic E-state index is 12.0. The third-order valence-corrected chi connectivity index (χ3v) is 2.64. The normalized spacial score (nSPS) is 12.1. The predicted octanol–water partition coefficient (Wildman–Crippen LogP) is 1.72. The van der Waals surface area contributed by atoms with Crippen LogP contribution in [0, 0.1) is 0 Å². The lowest BCUT2D eigenvalue weighted by Crippen LogP contribution is -2.12. The fourth-order valence-electron chi connectivity index (χ4n) is 1.71. The molecule has 1 unspecified atom stereocenters. The van der Waals surface area contributed by atoms with Crippen molar-refractivity contribution in [1.29, 1.82) is 0 Å². The maximum Gasteiger partial charge on any atom is 0.195 e. The average Bonchev–Trinajstić information content (AvgIpc) is 2.37. The topological polar surface area (TPSA) is 98.0 Å². The van der Waals surface area contributed by atoms with E-state index in [1.165, 1.54) is 36.4 Å². The Labute approximate surface area is 109 Å². The molecule has 0 fully saturated rings. The van der Waals surface area contributed by atoms with Gasteiger partial charge >= 0.3 is 0 Å². The third kappa shape index (κ3) is 2.83. The van der Waals surface area contributed by atoms with Gasteiger partial charge in [0.1, 0.15) is 23.4 Å². The van der Waals surface area contributed by atoms with Crippen LogP contribution >= 0.6 is 0 Å². The predicted molar refractivity (Wildman–Crippen MR) is 67.2 cm³/mol. The second kappa shape index (κ2) is 4.99. The molecular weight excluding hydrogens is 248 g/mol. The molecule has 0 saturated carbocycles. The van der Waals surface area contributed by atoms with E-state index in [1.54, 1.807) is 0 Å². The minimum Gasteiger partial charge on any atom is -0.508 e. The molecule has 0 amide bonds. The number of Topliss-reactive ketones (excluding diaryl/α,β-unsaturated/α-hetero) is 1. The molecule has 19 heavy (non-hydrogen) atoms. The Bertz CT molecular complexity index is 583. The molecular formula is C14H12O5. The van der Waals surface area contributed by atoms with Gasteiger partial charge in [0.25, 0.3) is 0 Å². The van der Waals surface area contributed by atoms with Crippen LogP contribution in [0.15, 0.2) is 42.5 Å². The van der Waals surface area contributed by atoms with Gasteiger partial charge in [-0.25, -0.2) is 0 Å². The summed E-state index contributed by atoms with van der Waals surface area (Å²) in [5.74, 6) is -1.06. The number of hydrogen-bond acceptors (Lipinski definition) is 5. The summed E-state index contributed by atoms with van der Waals surface area (Å²) in [7, 11) is 0. The summed E-state index contributed by atoms with van der Waals surface area (Å²) in [4.78, 5) is 12.0. The van der Waals surface area contributed by atoms with E-state index in [1.807, 2.05) is 0 Å². The standard InChI is InChI=1S/C14H12O5/c15-10-3-1-8(2-4-10)13(18)14(19)9-5-11(16)7-12(17)6-9/h1-7,14-17,19H. The van der Waals surface area contributed by atoms with Crippen LogP contribution in [0.25, 0.3) is 0 Å². The molecule has 98 valence electrons. The Hall–Kier alpha value is -2.53. The van der Waals surface area contributed by atoms with Crippen molar-refractivity contribution < 1.29 is 25.2 Å². The zero-order valence-corrected chi connectivity index (χ0v) is 9.82. The summed E-state index contributed by atoms with van der Waals surface area (Å²) in [6.07, 6.45) is -1.50. The lowest BCUT2D eigenvalue weighted by atomic mass is 9.99. The van der Waals surface area contributed by atoms with Gasteiger partial charge in [0.15, 0.2) is 5.78 Å². The number of rotatable bonds is 3. The van der Waals surface area contributed by atoms with Gasteiger partial charge < -0.3 is 20.4 Å². The second-order valence-corrected chi connectivity index (χ2v) is 4.10. The van der Waals surface area contributed by atoms with Crippen LogP contribution in [-0.2, 0) is 0 Å². The Morgan fingerprint density at radius 3 is 1.89 bits per heavy atom. The minimum atomic E-state index is -1.50. The smallest absolute Gasteiger partial charge is 0.195 e. The fourth-order valence-corrected chi connectivity index (χ4v) is 1.71. The van der Waals surface area contributed by atoms with Gasteiger partial charge in [-0.1, -0.05) is 0 Å².